The van der Waals surface area contributed by atoms with Crippen LogP contribution in [0.3, 0.4) is 0 Å². The van der Waals surface area contributed by atoms with Gasteiger partial charge in [0.15, 0.2) is 0 Å². The van der Waals surface area contributed by atoms with Crippen LogP contribution in [0.4, 0.5) is 5.69 Å². The molecule has 2 rings (SSSR count). The van der Waals surface area contributed by atoms with Gasteiger partial charge in [-0.1, -0.05) is 0 Å². The zero-order chi connectivity index (χ0) is 15.5. The Labute approximate surface area is 122 Å². The van der Waals surface area contributed by atoms with Gasteiger partial charge in [-0.25, -0.2) is 13.1 Å². The fourth-order valence-corrected chi connectivity index (χ4v) is 2.96. The van der Waals surface area contributed by atoms with E-state index in [2.05, 4.69) is 5.32 Å². The average molecular weight is 312 g/mol. The van der Waals surface area contributed by atoms with Crippen LogP contribution in [0.1, 0.15) is 19.8 Å². The number of carbonyl (C=O) groups excluding carboxylic acids is 2. The summed E-state index contributed by atoms with van der Waals surface area (Å²) < 4.78 is 30.6. The number of rotatable bonds is 4. The number of ether oxygens (including phenoxy) is 1. The standard InChI is InChI=1S/C13H16N2O5S/c1-9(16)15-21(18,19)11-6-4-10(5-7-11)14-13(17)12-3-2-8-20-12/h4-7,12H,2-3,8H2,1H3,(H,14,17)(H,15,16)/t12-/m1/s1. The molecule has 1 atom stereocenters. The Morgan fingerprint density at radius 3 is 2.43 bits per heavy atom. The van der Waals surface area contributed by atoms with Gasteiger partial charge in [0.25, 0.3) is 15.9 Å². The normalized spacial score (nSPS) is 18.2. The third kappa shape index (κ3) is 4.02. The van der Waals surface area contributed by atoms with Crippen molar-refractivity contribution in [3.05, 3.63) is 24.3 Å². The molecule has 1 aromatic carbocycles. The van der Waals surface area contributed by atoms with E-state index >= 15 is 0 Å². The molecule has 8 heteroatoms. The molecule has 2 N–H and O–H groups in total. The fraction of sp³-hybridized carbons (Fsp3) is 0.385. The Bertz CT molecular complexity index is 633. The highest BCUT2D eigenvalue weighted by molar-refractivity contribution is 7.90. The average Bonchev–Trinajstić information content (AvgIpc) is 2.91. The molecular formula is C13H16N2O5S. The van der Waals surface area contributed by atoms with Crippen LogP contribution in [0, 0.1) is 0 Å². The van der Waals surface area contributed by atoms with Crippen LogP contribution in [0.25, 0.3) is 0 Å². The molecule has 7 nitrogen and oxygen atoms in total. The largest absolute Gasteiger partial charge is 0.368 e. The maximum Gasteiger partial charge on any atom is 0.264 e. The van der Waals surface area contributed by atoms with Crippen molar-refractivity contribution in [2.24, 2.45) is 0 Å². The van der Waals surface area contributed by atoms with E-state index < -0.39 is 22.0 Å². The number of hydrogen-bond acceptors (Lipinski definition) is 5. The minimum absolute atomic E-state index is 0.0483. The third-order valence-electron chi connectivity index (χ3n) is 2.93. The van der Waals surface area contributed by atoms with E-state index in [0.717, 1.165) is 13.3 Å². The summed E-state index contributed by atoms with van der Waals surface area (Å²) in [6, 6.07) is 5.55. The topological polar surface area (TPSA) is 102 Å². The quantitative estimate of drug-likeness (QED) is 0.849. The molecule has 1 aliphatic rings. The first-order valence-electron chi connectivity index (χ1n) is 6.44. The van der Waals surface area contributed by atoms with Crippen LogP contribution >= 0.6 is 0 Å². The lowest BCUT2D eigenvalue weighted by atomic mass is 10.2. The van der Waals surface area contributed by atoms with Crippen molar-refractivity contribution in [1.29, 1.82) is 0 Å². The SMILES string of the molecule is CC(=O)NS(=O)(=O)c1ccc(NC(=O)[C@H]2CCCO2)cc1. The van der Waals surface area contributed by atoms with Crippen molar-refractivity contribution in [3.63, 3.8) is 0 Å². The zero-order valence-corrected chi connectivity index (χ0v) is 12.3. The fourth-order valence-electron chi connectivity index (χ4n) is 1.97. The van der Waals surface area contributed by atoms with E-state index in [9.17, 15) is 18.0 Å². The minimum Gasteiger partial charge on any atom is -0.368 e. The third-order valence-corrected chi connectivity index (χ3v) is 4.38. The summed E-state index contributed by atoms with van der Waals surface area (Å²) in [6.45, 7) is 1.69. The highest BCUT2D eigenvalue weighted by atomic mass is 32.2. The van der Waals surface area contributed by atoms with E-state index in [1.807, 2.05) is 4.72 Å². The Morgan fingerprint density at radius 2 is 1.90 bits per heavy atom. The number of amides is 2. The number of nitrogens with one attached hydrogen (secondary N) is 2. The molecule has 2 amide bonds. The van der Waals surface area contributed by atoms with Gasteiger partial charge in [-0.05, 0) is 37.1 Å². The molecule has 0 spiro atoms. The summed E-state index contributed by atoms with van der Waals surface area (Å²) in [5.74, 6) is -0.907. The van der Waals surface area contributed by atoms with Crippen LogP contribution in [0.2, 0.25) is 0 Å². The first-order valence-corrected chi connectivity index (χ1v) is 7.93. The molecule has 114 valence electrons. The number of anilines is 1. The molecule has 1 saturated heterocycles. The summed E-state index contributed by atoms with van der Waals surface area (Å²) >= 11 is 0. The minimum atomic E-state index is -3.86. The lowest BCUT2D eigenvalue weighted by Gasteiger charge is -2.11. The Hall–Kier alpha value is -1.93. The van der Waals surface area contributed by atoms with E-state index in [1.165, 1.54) is 24.3 Å². The molecule has 1 aliphatic heterocycles. The second-order valence-electron chi connectivity index (χ2n) is 4.68. The zero-order valence-electron chi connectivity index (χ0n) is 11.5. The van der Waals surface area contributed by atoms with Gasteiger partial charge in [-0.2, -0.15) is 0 Å². The van der Waals surface area contributed by atoms with E-state index in [0.29, 0.717) is 18.7 Å². The molecular weight excluding hydrogens is 296 g/mol. The predicted octanol–water partition coefficient (Wildman–Crippen LogP) is 0.629. The van der Waals surface area contributed by atoms with Crippen LogP contribution in [-0.4, -0.2) is 32.9 Å². The van der Waals surface area contributed by atoms with Crippen molar-refractivity contribution in [2.75, 3.05) is 11.9 Å². The molecule has 0 saturated carbocycles. The number of hydrogen-bond donors (Lipinski definition) is 2. The molecule has 0 bridgehead atoms. The summed E-state index contributed by atoms with van der Waals surface area (Å²) in [4.78, 5) is 22.6. The van der Waals surface area contributed by atoms with Crippen molar-refractivity contribution < 1.29 is 22.7 Å². The van der Waals surface area contributed by atoms with Crippen molar-refractivity contribution in [1.82, 2.24) is 4.72 Å². The molecule has 1 heterocycles. The molecule has 21 heavy (non-hydrogen) atoms. The summed E-state index contributed by atoms with van der Waals surface area (Å²) in [5, 5.41) is 2.66. The smallest absolute Gasteiger partial charge is 0.264 e. The molecule has 0 unspecified atom stereocenters. The summed E-state index contributed by atoms with van der Waals surface area (Å²) in [5.41, 5.74) is 0.470. The highest BCUT2D eigenvalue weighted by Crippen LogP contribution is 2.17. The van der Waals surface area contributed by atoms with Crippen molar-refractivity contribution in [3.8, 4) is 0 Å². The first kappa shape index (κ1) is 15.5. The number of benzene rings is 1. The van der Waals surface area contributed by atoms with Crippen molar-refractivity contribution >= 4 is 27.5 Å². The van der Waals surface area contributed by atoms with E-state index in [1.54, 1.807) is 0 Å². The van der Waals surface area contributed by atoms with E-state index in [-0.39, 0.29) is 10.8 Å². The highest BCUT2D eigenvalue weighted by Gasteiger charge is 2.23. The molecule has 1 fully saturated rings. The van der Waals surface area contributed by atoms with Crippen LogP contribution in [0.5, 0.6) is 0 Å². The van der Waals surface area contributed by atoms with Crippen LogP contribution in [0.15, 0.2) is 29.2 Å². The maximum absolute atomic E-state index is 11.8. The van der Waals surface area contributed by atoms with Crippen molar-refractivity contribution in [2.45, 2.75) is 30.8 Å². The molecule has 0 radical (unpaired) electrons. The predicted molar refractivity (Wildman–Crippen MR) is 75.0 cm³/mol. The maximum atomic E-state index is 11.8. The summed E-state index contributed by atoms with van der Waals surface area (Å²) in [7, 11) is -3.86. The summed E-state index contributed by atoms with van der Waals surface area (Å²) in [6.07, 6.45) is 1.08. The van der Waals surface area contributed by atoms with Gasteiger partial charge < -0.3 is 10.1 Å². The lowest BCUT2D eigenvalue weighted by Crippen LogP contribution is -2.28. The molecule has 1 aromatic rings. The lowest BCUT2D eigenvalue weighted by molar-refractivity contribution is -0.124. The van der Waals surface area contributed by atoms with Gasteiger partial charge in [0.2, 0.25) is 5.91 Å². The second-order valence-corrected chi connectivity index (χ2v) is 6.36. The Morgan fingerprint density at radius 1 is 1.24 bits per heavy atom. The van der Waals surface area contributed by atoms with Gasteiger partial charge in [0.1, 0.15) is 6.10 Å². The second kappa shape index (κ2) is 6.23. The van der Waals surface area contributed by atoms with Gasteiger partial charge in [0, 0.05) is 19.2 Å². The Kier molecular flexibility index (Phi) is 4.59. The van der Waals surface area contributed by atoms with Gasteiger partial charge in [0.05, 0.1) is 4.90 Å². The van der Waals surface area contributed by atoms with Crippen LogP contribution < -0.4 is 10.0 Å². The first-order chi connectivity index (χ1) is 9.88. The monoisotopic (exact) mass is 312 g/mol. The Balaban J connectivity index is 2.05. The van der Waals surface area contributed by atoms with Gasteiger partial charge in [-0.15, -0.1) is 0 Å². The van der Waals surface area contributed by atoms with Gasteiger partial charge >= 0.3 is 0 Å². The van der Waals surface area contributed by atoms with Crippen LogP contribution in [-0.2, 0) is 24.3 Å². The molecule has 0 aliphatic carbocycles. The molecule has 0 aromatic heterocycles. The number of carbonyl (C=O) groups is 2. The number of sulfonamides is 1. The van der Waals surface area contributed by atoms with Gasteiger partial charge in [-0.3, -0.25) is 9.59 Å². The van der Waals surface area contributed by atoms with E-state index in [4.69, 9.17) is 4.74 Å².